The van der Waals surface area contributed by atoms with Crippen molar-refractivity contribution in [1.82, 2.24) is 4.90 Å². The van der Waals surface area contributed by atoms with Gasteiger partial charge in [0.05, 0.1) is 17.7 Å². The smallest absolute Gasteiger partial charge is 0.413 e. The summed E-state index contributed by atoms with van der Waals surface area (Å²) in [5, 5.41) is 0. The molecule has 0 fully saturated rings. The molecule has 0 radical (unpaired) electrons. The largest absolute Gasteiger partial charge is 0.449 e. The van der Waals surface area contributed by atoms with E-state index in [1.165, 1.54) is 9.80 Å². The summed E-state index contributed by atoms with van der Waals surface area (Å²) in [5.41, 5.74) is 2.61. The summed E-state index contributed by atoms with van der Waals surface area (Å²) >= 11 is 0. The van der Waals surface area contributed by atoms with Gasteiger partial charge < -0.3 is 4.74 Å². The zero-order valence-electron chi connectivity index (χ0n) is 14.8. The van der Waals surface area contributed by atoms with Gasteiger partial charge in [-0.15, -0.1) is 0 Å². The summed E-state index contributed by atoms with van der Waals surface area (Å²) < 4.78 is 4.96. The number of hydrogen-bond donors (Lipinski definition) is 0. The van der Waals surface area contributed by atoms with Gasteiger partial charge in [0.25, 0.3) is 11.8 Å². The lowest BCUT2D eigenvalue weighted by Gasteiger charge is -2.17. The number of amides is 3. The molecule has 6 nitrogen and oxygen atoms in total. The van der Waals surface area contributed by atoms with Crippen molar-refractivity contribution in [3.63, 3.8) is 0 Å². The van der Waals surface area contributed by atoms with Gasteiger partial charge in [0.2, 0.25) is 0 Å². The SMILES string of the molecule is CCOC(=O)N(C)c1ccc(CCN2C(=O)c3ccccc3C2=O)cc1. The molecule has 134 valence electrons. The molecule has 0 aliphatic carbocycles. The highest BCUT2D eigenvalue weighted by atomic mass is 16.6. The third-order valence-electron chi connectivity index (χ3n) is 4.37. The first-order chi connectivity index (χ1) is 12.5. The second-order valence-corrected chi connectivity index (χ2v) is 5.98. The van der Waals surface area contributed by atoms with E-state index in [1.807, 2.05) is 24.3 Å². The topological polar surface area (TPSA) is 66.9 Å². The zero-order valence-corrected chi connectivity index (χ0v) is 14.8. The fourth-order valence-corrected chi connectivity index (χ4v) is 2.90. The van der Waals surface area contributed by atoms with Gasteiger partial charge in [-0.05, 0) is 43.2 Å². The van der Waals surface area contributed by atoms with Crippen LogP contribution in [0, 0.1) is 0 Å². The Morgan fingerprint density at radius 2 is 1.58 bits per heavy atom. The molecule has 0 spiro atoms. The van der Waals surface area contributed by atoms with Gasteiger partial charge in [0.15, 0.2) is 0 Å². The van der Waals surface area contributed by atoms with Crippen LogP contribution in [0.15, 0.2) is 48.5 Å². The Kier molecular flexibility index (Phi) is 5.02. The fourth-order valence-electron chi connectivity index (χ4n) is 2.90. The summed E-state index contributed by atoms with van der Waals surface area (Å²) in [5.74, 6) is -0.492. The van der Waals surface area contributed by atoms with E-state index in [0.717, 1.165) is 5.56 Å². The number of imide groups is 1. The van der Waals surface area contributed by atoms with Crippen LogP contribution in [0.25, 0.3) is 0 Å². The summed E-state index contributed by atoms with van der Waals surface area (Å²) in [4.78, 5) is 39.2. The summed E-state index contributed by atoms with van der Waals surface area (Å²) in [6.07, 6.45) is 0.140. The van der Waals surface area contributed by atoms with Crippen LogP contribution in [0.5, 0.6) is 0 Å². The van der Waals surface area contributed by atoms with E-state index in [0.29, 0.717) is 36.4 Å². The molecule has 6 heteroatoms. The third-order valence-corrected chi connectivity index (χ3v) is 4.37. The van der Waals surface area contributed by atoms with E-state index >= 15 is 0 Å². The monoisotopic (exact) mass is 352 g/mol. The molecule has 0 saturated carbocycles. The second kappa shape index (κ2) is 7.39. The van der Waals surface area contributed by atoms with Gasteiger partial charge in [0, 0.05) is 19.3 Å². The van der Waals surface area contributed by atoms with Crippen LogP contribution in [-0.2, 0) is 11.2 Å². The minimum absolute atomic E-state index is 0.246. The molecule has 0 aromatic heterocycles. The fraction of sp³-hybridized carbons (Fsp3) is 0.250. The lowest BCUT2D eigenvalue weighted by molar-refractivity contribution is 0.0656. The van der Waals surface area contributed by atoms with E-state index in [9.17, 15) is 14.4 Å². The molecule has 0 N–H and O–H groups in total. The van der Waals surface area contributed by atoms with Gasteiger partial charge >= 0.3 is 6.09 Å². The van der Waals surface area contributed by atoms with Crippen LogP contribution in [0.3, 0.4) is 0 Å². The first-order valence-corrected chi connectivity index (χ1v) is 8.47. The highest BCUT2D eigenvalue weighted by Gasteiger charge is 2.34. The normalized spacial score (nSPS) is 12.9. The van der Waals surface area contributed by atoms with Gasteiger partial charge in [-0.1, -0.05) is 24.3 Å². The predicted octanol–water partition coefficient (Wildman–Crippen LogP) is 3.12. The molecule has 26 heavy (non-hydrogen) atoms. The summed E-state index contributed by atoms with van der Waals surface area (Å²) in [6, 6.07) is 14.2. The molecule has 0 saturated heterocycles. The van der Waals surface area contributed by atoms with E-state index in [1.54, 1.807) is 38.2 Å². The lowest BCUT2D eigenvalue weighted by atomic mass is 10.1. The van der Waals surface area contributed by atoms with E-state index in [2.05, 4.69) is 0 Å². The average molecular weight is 352 g/mol. The zero-order chi connectivity index (χ0) is 18.7. The lowest BCUT2D eigenvalue weighted by Crippen LogP contribution is -2.31. The molecule has 0 atom stereocenters. The number of benzene rings is 2. The molecule has 3 amide bonds. The molecule has 1 aliphatic heterocycles. The van der Waals surface area contributed by atoms with E-state index < -0.39 is 6.09 Å². The summed E-state index contributed by atoms with van der Waals surface area (Å²) in [6.45, 7) is 2.40. The van der Waals surface area contributed by atoms with Crippen LogP contribution >= 0.6 is 0 Å². The van der Waals surface area contributed by atoms with E-state index in [-0.39, 0.29) is 11.8 Å². The maximum Gasteiger partial charge on any atom is 0.413 e. The standard InChI is InChI=1S/C20H20N2O4/c1-3-26-20(25)21(2)15-10-8-14(9-11-15)12-13-22-18(23)16-6-4-5-7-17(16)19(22)24/h4-11H,3,12-13H2,1-2H3. The van der Waals surface area contributed by atoms with Crippen molar-refractivity contribution in [2.24, 2.45) is 0 Å². The third kappa shape index (κ3) is 3.31. The number of anilines is 1. The molecule has 0 unspecified atom stereocenters. The Morgan fingerprint density at radius 1 is 1.00 bits per heavy atom. The Morgan fingerprint density at radius 3 is 2.12 bits per heavy atom. The van der Waals surface area contributed by atoms with Crippen molar-refractivity contribution in [2.45, 2.75) is 13.3 Å². The number of fused-ring (bicyclic) bond motifs is 1. The molecular weight excluding hydrogens is 332 g/mol. The minimum Gasteiger partial charge on any atom is -0.449 e. The van der Waals surface area contributed by atoms with Crippen molar-refractivity contribution in [2.75, 3.05) is 25.1 Å². The first kappa shape index (κ1) is 17.7. The Hall–Kier alpha value is -3.15. The molecular formula is C20H20N2O4. The Bertz CT molecular complexity index is 810. The number of nitrogens with zero attached hydrogens (tertiary/aromatic N) is 2. The first-order valence-electron chi connectivity index (χ1n) is 8.47. The van der Waals surface area contributed by atoms with Crippen LogP contribution in [0.4, 0.5) is 10.5 Å². The maximum absolute atomic E-state index is 12.4. The highest BCUT2D eigenvalue weighted by Crippen LogP contribution is 2.23. The van der Waals surface area contributed by atoms with Crippen molar-refractivity contribution in [3.05, 3.63) is 65.2 Å². The Balaban J connectivity index is 1.63. The Labute approximate surface area is 152 Å². The average Bonchev–Trinajstić information content (AvgIpc) is 2.91. The van der Waals surface area contributed by atoms with Gasteiger partial charge in [-0.3, -0.25) is 19.4 Å². The van der Waals surface area contributed by atoms with Crippen LogP contribution in [0.1, 0.15) is 33.2 Å². The van der Waals surface area contributed by atoms with Gasteiger partial charge in [-0.25, -0.2) is 4.79 Å². The number of carbonyl (C=O) groups is 3. The van der Waals surface area contributed by atoms with Gasteiger partial charge in [-0.2, -0.15) is 0 Å². The van der Waals surface area contributed by atoms with Crippen molar-refractivity contribution < 1.29 is 19.1 Å². The van der Waals surface area contributed by atoms with Crippen LogP contribution in [0.2, 0.25) is 0 Å². The molecule has 0 bridgehead atoms. The minimum atomic E-state index is -0.411. The van der Waals surface area contributed by atoms with Crippen molar-refractivity contribution >= 4 is 23.6 Å². The highest BCUT2D eigenvalue weighted by molar-refractivity contribution is 6.21. The second-order valence-electron chi connectivity index (χ2n) is 5.98. The van der Waals surface area contributed by atoms with Crippen molar-refractivity contribution in [3.8, 4) is 0 Å². The quantitative estimate of drug-likeness (QED) is 0.776. The molecule has 2 aromatic carbocycles. The summed E-state index contributed by atoms with van der Waals surface area (Å²) in [7, 11) is 1.64. The maximum atomic E-state index is 12.4. The van der Waals surface area contributed by atoms with E-state index in [4.69, 9.17) is 4.74 Å². The molecule has 3 rings (SSSR count). The number of ether oxygens (including phenoxy) is 1. The molecule has 1 aliphatic rings. The molecule has 1 heterocycles. The van der Waals surface area contributed by atoms with Crippen LogP contribution < -0.4 is 4.90 Å². The predicted molar refractivity (Wildman–Crippen MR) is 97.4 cm³/mol. The van der Waals surface area contributed by atoms with Crippen molar-refractivity contribution in [1.29, 1.82) is 0 Å². The number of rotatable bonds is 5. The molecule has 2 aromatic rings. The number of carbonyl (C=O) groups excluding carboxylic acids is 3. The van der Waals surface area contributed by atoms with Crippen LogP contribution in [-0.4, -0.2) is 43.0 Å². The van der Waals surface area contributed by atoms with Gasteiger partial charge in [0.1, 0.15) is 0 Å². The number of hydrogen-bond acceptors (Lipinski definition) is 4.